The SMILES string of the molecule is C[C@@H]1CO[C@@H](C)CN1Cc1ccnc(Br)c1. The van der Waals surface area contributed by atoms with E-state index in [-0.39, 0.29) is 0 Å². The van der Waals surface area contributed by atoms with Crippen LogP contribution in [-0.4, -0.2) is 35.2 Å². The predicted molar refractivity (Wildman–Crippen MR) is 67.2 cm³/mol. The highest BCUT2D eigenvalue weighted by Crippen LogP contribution is 2.16. The maximum absolute atomic E-state index is 5.62. The van der Waals surface area contributed by atoms with Gasteiger partial charge in [-0.2, -0.15) is 0 Å². The van der Waals surface area contributed by atoms with Gasteiger partial charge in [0.15, 0.2) is 0 Å². The van der Waals surface area contributed by atoms with Crippen molar-refractivity contribution in [2.45, 2.75) is 32.5 Å². The van der Waals surface area contributed by atoms with E-state index in [1.807, 2.05) is 6.20 Å². The Bertz CT molecular complexity index is 359. The first-order valence-corrected chi connectivity index (χ1v) is 6.40. The van der Waals surface area contributed by atoms with Crippen LogP contribution in [0.4, 0.5) is 0 Å². The molecule has 1 aliphatic heterocycles. The molecular weight excluding hydrogens is 268 g/mol. The summed E-state index contributed by atoms with van der Waals surface area (Å²) in [5.74, 6) is 0. The van der Waals surface area contributed by atoms with Gasteiger partial charge < -0.3 is 4.74 Å². The van der Waals surface area contributed by atoms with Crippen LogP contribution in [0.3, 0.4) is 0 Å². The van der Waals surface area contributed by atoms with Crippen molar-refractivity contribution in [2.24, 2.45) is 0 Å². The third-order valence-electron chi connectivity index (χ3n) is 2.91. The Kier molecular flexibility index (Phi) is 3.95. The summed E-state index contributed by atoms with van der Waals surface area (Å²) in [7, 11) is 0. The quantitative estimate of drug-likeness (QED) is 0.780. The molecule has 2 heterocycles. The van der Waals surface area contributed by atoms with Crippen LogP contribution in [0, 0.1) is 0 Å². The first kappa shape index (κ1) is 12.0. The van der Waals surface area contributed by atoms with E-state index in [9.17, 15) is 0 Å². The van der Waals surface area contributed by atoms with Crippen molar-refractivity contribution in [2.75, 3.05) is 13.2 Å². The molecule has 1 saturated heterocycles. The number of pyridine rings is 1. The molecule has 0 amide bonds. The Morgan fingerprint density at radius 1 is 1.56 bits per heavy atom. The van der Waals surface area contributed by atoms with Crippen LogP contribution < -0.4 is 0 Å². The van der Waals surface area contributed by atoms with E-state index in [4.69, 9.17) is 4.74 Å². The minimum absolute atomic E-state index is 0.335. The Labute approximate surface area is 105 Å². The number of hydrogen-bond acceptors (Lipinski definition) is 3. The Hall–Kier alpha value is -0.450. The molecule has 2 rings (SSSR count). The molecule has 0 radical (unpaired) electrons. The molecule has 1 aliphatic rings. The van der Waals surface area contributed by atoms with Gasteiger partial charge in [-0.15, -0.1) is 0 Å². The average molecular weight is 285 g/mol. The van der Waals surface area contributed by atoms with Crippen molar-refractivity contribution in [3.63, 3.8) is 0 Å². The molecule has 1 aromatic rings. The van der Waals surface area contributed by atoms with E-state index >= 15 is 0 Å². The fourth-order valence-corrected chi connectivity index (χ4v) is 2.38. The summed E-state index contributed by atoms with van der Waals surface area (Å²) in [6, 6.07) is 4.63. The highest BCUT2D eigenvalue weighted by atomic mass is 79.9. The van der Waals surface area contributed by atoms with Crippen LogP contribution >= 0.6 is 15.9 Å². The van der Waals surface area contributed by atoms with Gasteiger partial charge in [-0.3, -0.25) is 4.90 Å². The van der Waals surface area contributed by atoms with Crippen LogP contribution in [0.5, 0.6) is 0 Å². The molecule has 88 valence electrons. The topological polar surface area (TPSA) is 25.4 Å². The summed E-state index contributed by atoms with van der Waals surface area (Å²) < 4.78 is 6.52. The molecule has 0 aromatic carbocycles. The molecule has 0 N–H and O–H groups in total. The van der Waals surface area contributed by atoms with Gasteiger partial charge in [0.1, 0.15) is 4.60 Å². The number of morpholine rings is 1. The van der Waals surface area contributed by atoms with Crippen molar-refractivity contribution in [1.29, 1.82) is 0 Å². The normalized spacial score (nSPS) is 26.9. The monoisotopic (exact) mass is 284 g/mol. The molecule has 0 aliphatic carbocycles. The number of nitrogens with zero attached hydrogens (tertiary/aromatic N) is 2. The van der Waals surface area contributed by atoms with E-state index in [1.54, 1.807) is 0 Å². The van der Waals surface area contributed by atoms with Crippen molar-refractivity contribution in [3.8, 4) is 0 Å². The highest BCUT2D eigenvalue weighted by molar-refractivity contribution is 9.10. The van der Waals surface area contributed by atoms with Gasteiger partial charge in [0.2, 0.25) is 0 Å². The van der Waals surface area contributed by atoms with Gasteiger partial charge >= 0.3 is 0 Å². The zero-order chi connectivity index (χ0) is 11.5. The summed E-state index contributed by atoms with van der Waals surface area (Å²) in [6.45, 7) is 7.13. The van der Waals surface area contributed by atoms with E-state index in [0.29, 0.717) is 12.1 Å². The fraction of sp³-hybridized carbons (Fsp3) is 0.583. The number of ether oxygens (including phenoxy) is 1. The second-order valence-electron chi connectivity index (χ2n) is 4.41. The van der Waals surface area contributed by atoms with Gasteiger partial charge in [-0.25, -0.2) is 4.98 Å². The molecule has 0 spiro atoms. The van der Waals surface area contributed by atoms with E-state index in [0.717, 1.165) is 24.3 Å². The third kappa shape index (κ3) is 3.03. The summed E-state index contributed by atoms with van der Waals surface area (Å²) in [5.41, 5.74) is 1.29. The minimum Gasteiger partial charge on any atom is -0.376 e. The number of aromatic nitrogens is 1. The number of halogens is 1. The molecular formula is C12H17BrN2O. The Balaban J connectivity index is 2.02. The first-order valence-electron chi connectivity index (χ1n) is 5.61. The fourth-order valence-electron chi connectivity index (χ4n) is 1.97. The summed E-state index contributed by atoms with van der Waals surface area (Å²) >= 11 is 3.40. The van der Waals surface area contributed by atoms with Crippen molar-refractivity contribution in [3.05, 3.63) is 28.5 Å². The van der Waals surface area contributed by atoms with Crippen LogP contribution in [0.25, 0.3) is 0 Å². The van der Waals surface area contributed by atoms with Gasteiger partial charge in [-0.1, -0.05) is 0 Å². The van der Waals surface area contributed by atoms with Crippen molar-refractivity contribution >= 4 is 15.9 Å². The lowest BCUT2D eigenvalue weighted by Gasteiger charge is -2.36. The smallest absolute Gasteiger partial charge is 0.106 e. The maximum Gasteiger partial charge on any atom is 0.106 e. The second kappa shape index (κ2) is 5.25. The Morgan fingerprint density at radius 3 is 3.12 bits per heavy atom. The number of hydrogen-bond donors (Lipinski definition) is 0. The summed E-state index contributed by atoms with van der Waals surface area (Å²) in [6.07, 6.45) is 2.18. The lowest BCUT2D eigenvalue weighted by Crippen LogP contribution is -2.46. The van der Waals surface area contributed by atoms with Crippen molar-refractivity contribution < 1.29 is 4.74 Å². The molecule has 2 atom stereocenters. The predicted octanol–water partition coefficient (Wildman–Crippen LogP) is 2.45. The van der Waals surface area contributed by atoms with Gasteiger partial charge in [0.05, 0.1) is 12.7 Å². The standard InChI is InChI=1S/C12H17BrN2O/c1-9-8-16-10(2)6-15(9)7-11-3-4-14-12(13)5-11/h3-5,9-10H,6-8H2,1-2H3/t9-,10+/m1/s1. The molecule has 0 saturated carbocycles. The maximum atomic E-state index is 5.62. The third-order valence-corrected chi connectivity index (χ3v) is 3.35. The molecule has 0 bridgehead atoms. The highest BCUT2D eigenvalue weighted by Gasteiger charge is 2.23. The lowest BCUT2D eigenvalue weighted by atomic mass is 10.1. The van der Waals surface area contributed by atoms with Gasteiger partial charge in [0.25, 0.3) is 0 Å². The van der Waals surface area contributed by atoms with Crippen LogP contribution in [-0.2, 0) is 11.3 Å². The van der Waals surface area contributed by atoms with Gasteiger partial charge in [-0.05, 0) is 47.5 Å². The number of rotatable bonds is 2. The summed E-state index contributed by atoms with van der Waals surface area (Å²) in [4.78, 5) is 6.59. The second-order valence-corrected chi connectivity index (χ2v) is 5.22. The molecule has 4 heteroatoms. The van der Waals surface area contributed by atoms with Gasteiger partial charge in [0, 0.05) is 25.3 Å². The van der Waals surface area contributed by atoms with E-state index in [2.05, 4.69) is 51.8 Å². The van der Waals surface area contributed by atoms with Crippen LogP contribution in [0.2, 0.25) is 0 Å². The van der Waals surface area contributed by atoms with Crippen LogP contribution in [0.15, 0.2) is 22.9 Å². The van der Waals surface area contributed by atoms with E-state index in [1.165, 1.54) is 5.56 Å². The van der Waals surface area contributed by atoms with Crippen molar-refractivity contribution in [1.82, 2.24) is 9.88 Å². The molecule has 3 nitrogen and oxygen atoms in total. The molecule has 1 fully saturated rings. The Morgan fingerprint density at radius 2 is 2.38 bits per heavy atom. The zero-order valence-corrected chi connectivity index (χ0v) is 11.3. The largest absolute Gasteiger partial charge is 0.376 e. The molecule has 0 unspecified atom stereocenters. The molecule has 1 aromatic heterocycles. The van der Waals surface area contributed by atoms with E-state index < -0.39 is 0 Å². The van der Waals surface area contributed by atoms with Crippen LogP contribution in [0.1, 0.15) is 19.4 Å². The molecule has 16 heavy (non-hydrogen) atoms. The lowest BCUT2D eigenvalue weighted by molar-refractivity contribution is -0.0526. The average Bonchev–Trinajstić information content (AvgIpc) is 2.24. The summed E-state index contributed by atoms with van der Waals surface area (Å²) in [5, 5.41) is 0. The minimum atomic E-state index is 0.335. The first-order chi connectivity index (χ1) is 7.65. The zero-order valence-electron chi connectivity index (χ0n) is 9.69.